The Labute approximate surface area is 189 Å². The second kappa shape index (κ2) is 9.92. The molecule has 3 rings (SSSR count). The molecule has 0 aliphatic carbocycles. The summed E-state index contributed by atoms with van der Waals surface area (Å²) in [6.07, 6.45) is 0.300. The van der Waals surface area contributed by atoms with Crippen LogP contribution in [0.3, 0.4) is 0 Å². The first-order chi connectivity index (χ1) is 15.7. The Morgan fingerprint density at radius 3 is 2.27 bits per heavy atom. The first kappa shape index (κ1) is 23.4. The number of nitrogens with one attached hydrogen (secondary N) is 3. The number of amides is 2. The highest BCUT2D eigenvalue weighted by atomic mass is 32.2. The van der Waals surface area contributed by atoms with Gasteiger partial charge in [0.15, 0.2) is 0 Å². The van der Waals surface area contributed by atoms with Gasteiger partial charge < -0.3 is 10.6 Å². The van der Waals surface area contributed by atoms with Gasteiger partial charge in [-0.1, -0.05) is 31.2 Å². The lowest BCUT2D eigenvalue weighted by atomic mass is 10.1. The van der Waals surface area contributed by atoms with Gasteiger partial charge in [-0.3, -0.25) is 24.4 Å². The summed E-state index contributed by atoms with van der Waals surface area (Å²) in [7, 11) is -4.20. The Hall–Kier alpha value is -4.25. The van der Waals surface area contributed by atoms with Gasteiger partial charge in [-0.2, -0.15) is 0 Å². The van der Waals surface area contributed by atoms with Crippen molar-refractivity contribution in [3.8, 4) is 0 Å². The summed E-state index contributed by atoms with van der Waals surface area (Å²) in [6.45, 7) is 1.71. The highest BCUT2D eigenvalue weighted by Gasteiger charge is 2.21. The Morgan fingerprint density at radius 2 is 1.58 bits per heavy atom. The van der Waals surface area contributed by atoms with Crippen molar-refractivity contribution in [1.29, 1.82) is 0 Å². The van der Waals surface area contributed by atoms with Crippen LogP contribution in [0.1, 0.15) is 23.7 Å². The zero-order valence-electron chi connectivity index (χ0n) is 17.4. The molecule has 3 N–H and O–H groups in total. The molecule has 11 heteroatoms. The lowest BCUT2D eigenvalue weighted by Gasteiger charge is -2.13. The number of carbonyl (C=O) groups excluding carboxylic acids is 2. The van der Waals surface area contributed by atoms with Gasteiger partial charge >= 0.3 is 0 Å². The first-order valence-electron chi connectivity index (χ1n) is 9.77. The topological polar surface area (TPSA) is 148 Å². The van der Waals surface area contributed by atoms with Crippen LogP contribution in [0.2, 0.25) is 0 Å². The van der Waals surface area contributed by atoms with Crippen LogP contribution < -0.4 is 15.4 Å². The number of carbonyl (C=O) groups is 2. The lowest BCUT2D eigenvalue weighted by molar-refractivity contribution is -0.385. The molecule has 0 unspecified atom stereocenters. The smallest absolute Gasteiger partial charge is 0.270 e. The van der Waals surface area contributed by atoms with Gasteiger partial charge in [-0.15, -0.1) is 0 Å². The van der Waals surface area contributed by atoms with Crippen molar-refractivity contribution in [2.75, 3.05) is 15.4 Å². The second-order valence-electron chi connectivity index (χ2n) is 6.84. The summed E-state index contributed by atoms with van der Waals surface area (Å²) >= 11 is 0. The second-order valence-corrected chi connectivity index (χ2v) is 8.52. The summed E-state index contributed by atoms with van der Waals surface area (Å²) < 4.78 is 27.9. The molecule has 0 fully saturated rings. The van der Waals surface area contributed by atoms with Gasteiger partial charge in [-0.05, 0) is 36.4 Å². The molecule has 170 valence electrons. The fourth-order valence-electron chi connectivity index (χ4n) is 2.86. The summed E-state index contributed by atoms with van der Waals surface area (Å²) in [5.74, 6) is -0.773. The van der Waals surface area contributed by atoms with E-state index in [1.807, 2.05) is 0 Å². The number of rotatable bonds is 8. The number of nitrogens with zero attached hydrogens (tertiary/aromatic N) is 1. The number of para-hydroxylation sites is 1. The van der Waals surface area contributed by atoms with Gasteiger partial charge in [0.25, 0.3) is 21.6 Å². The molecule has 0 saturated carbocycles. The quantitative estimate of drug-likeness (QED) is 0.336. The highest BCUT2D eigenvalue weighted by molar-refractivity contribution is 7.92. The standard InChI is InChI=1S/C22H20N4O6S/c1-2-21(27)23-15-7-5-8-16(13-15)24-22(28)19-11-3-4-12-20(19)25-33(31,32)18-10-6-9-17(14-18)26(29)30/h3-14,25H,2H2,1H3,(H,23,27)(H,24,28). The fraction of sp³-hybridized carbons (Fsp3) is 0.0909. The molecule has 2 amide bonds. The highest BCUT2D eigenvalue weighted by Crippen LogP contribution is 2.24. The van der Waals surface area contributed by atoms with Crippen LogP contribution in [0.15, 0.2) is 77.7 Å². The van der Waals surface area contributed by atoms with E-state index < -0.39 is 20.9 Å². The number of non-ortho nitro benzene ring substituents is 1. The maximum Gasteiger partial charge on any atom is 0.270 e. The van der Waals surface area contributed by atoms with Crippen molar-refractivity contribution in [3.63, 3.8) is 0 Å². The van der Waals surface area contributed by atoms with Crippen LogP contribution in [0.4, 0.5) is 22.7 Å². The van der Waals surface area contributed by atoms with E-state index >= 15 is 0 Å². The first-order valence-corrected chi connectivity index (χ1v) is 11.3. The minimum atomic E-state index is -4.20. The predicted molar refractivity (Wildman–Crippen MR) is 124 cm³/mol. The summed E-state index contributed by atoms with van der Waals surface area (Å²) in [4.78, 5) is 34.4. The fourth-order valence-corrected chi connectivity index (χ4v) is 3.98. The third kappa shape index (κ3) is 5.92. The van der Waals surface area contributed by atoms with E-state index in [-0.39, 0.29) is 27.7 Å². The Morgan fingerprint density at radius 1 is 0.909 bits per heavy atom. The van der Waals surface area contributed by atoms with Crippen LogP contribution in [0, 0.1) is 10.1 Å². The van der Waals surface area contributed by atoms with Gasteiger partial charge in [-0.25, -0.2) is 8.42 Å². The Kier molecular flexibility index (Phi) is 7.04. The predicted octanol–water partition coefficient (Wildman–Crippen LogP) is 4.00. The largest absolute Gasteiger partial charge is 0.326 e. The maximum atomic E-state index is 12.9. The number of nitro benzene ring substituents is 1. The van der Waals surface area contributed by atoms with E-state index in [4.69, 9.17) is 0 Å². The van der Waals surface area contributed by atoms with E-state index in [2.05, 4.69) is 15.4 Å². The number of benzene rings is 3. The average Bonchev–Trinajstić information content (AvgIpc) is 2.79. The number of hydrogen-bond donors (Lipinski definition) is 3. The van der Waals surface area contributed by atoms with Gasteiger partial charge in [0, 0.05) is 29.9 Å². The molecule has 3 aromatic carbocycles. The number of nitro groups is 1. The zero-order chi connectivity index (χ0) is 24.0. The molecule has 0 atom stereocenters. The van der Waals surface area contributed by atoms with Crippen LogP contribution in [0.5, 0.6) is 0 Å². The van der Waals surface area contributed by atoms with Crippen molar-refractivity contribution in [2.45, 2.75) is 18.2 Å². The average molecular weight is 468 g/mol. The van der Waals surface area contributed by atoms with Crippen molar-refractivity contribution < 1.29 is 22.9 Å². The molecular weight excluding hydrogens is 448 g/mol. The van der Waals surface area contributed by atoms with E-state index in [1.54, 1.807) is 43.3 Å². The monoisotopic (exact) mass is 468 g/mol. The van der Waals surface area contributed by atoms with Crippen LogP contribution in [-0.4, -0.2) is 25.2 Å². The molecule has 0 aromatic heterocycles. The minimum Gasteiger partial charge on any atom is -0.326 e. The lowest BCUT2D eigenvalue weighted by Crippen LogP contribution is -2.19. The van der Waals surface area contributed by atoms with E-state index in [0.717, 1.165) is 6.07 Å². The molecule has 10 nitrogen and oxygen atoms in total. The van der Waals surface area contributed by atoms with E-state index in [1.165, 1.54) is 30.3 Å². The molecule has 0 saturated heterocycles. The van der Waals surface area contributed by atoms with Gasteiger partial charge in [0.1, 0.15) is 0 Å². The Balaban J connectivity index is 1.84. The molecule has 0 aliphatic heterocycles. The third-order valence-corrected chi connectivity index (χ3v) is 5.84. The van der Waals surface area contributed by atoms with Crippen LogP contribution in [-0.2, 0) is 14.8 Å². The van der Waals surface area contributed by atoms with Crippen molar-refractivity contribution in [1.82, 2.24) is 0 Å². The SMILES string of the molecule is CCC(=O)Nc1cccc(NC(=O)c2ccccc2NS(=O)(=O)c2cccc([N+](=O)[O-])c2)c1. The number of sulfonamides is 1. The van der Waals surface area contributed by atoms with Crippen molar-refractivity contribution >= 4 is 44.6 Å². The van der Waals surface area contributed by atoms with E-state index in [9.17, 15) is 28.1 Å². The summed E-state index contributed by atoms with van der Waals surface area (Å²) in [5.41, 5.74) is 0.551. The molecule has 33 heavy (non-hydrogen) atoms. The summed E-state index contributed by atoms with van der Waals surface area (Å²) in [6, 6.07) is 17.0. The van der Waals surface area contributed by atoms with Crippen molar-refractivity contribution in [3.05, 3.63) is 88.5 Å². The third-order valence-electron chi connectivity index (χ3n) is 4.48. The Bertz CT molecular complexity index is 1320. The van der Waals surface area contributed by atoms with Crippen molar-refractivity contribution in [2.24, 2.45) is 0 Å². The molecule has 0 radical (unpaired) electrons. The molecule has 3 aromatic rings. The number of anilines is 3. The van der Waals surface area contributed by atoms with E-state index in [0.29, 0.717) is 17.8 Å². The number of hydrogen-bond acceptors (Lipinski definition) is 6. The molecule has 0 heterocycles. The maximum absolute atomic E-state index is 12.9. The normalized spacial score (nSPS) is 10.8. The minimum absolute atomic E-state index is 0.00283. The molecule has 0 bridgehead atoms. The van der Waals surface area contributed by atoms with Gasteiger partial charge in [0.2, 0.25) is 5.91 Å². The van der Waals surface area contributed by atoms with Gasteiger partial charge in [0.05, 0.1) is 21.1 Å². The van der Waals surface area contributed by atoms with Crippen LogP contribution in [0.25, 0.3) is 0 Å². The van der Waals surface area contributed by atoms with Crippen LogP contribution >= 0.6 is 0 Å². The molecule has 0 spiro atoms. The molecular formula is C22H20N4O6S. The zero-order valence-corrected chi connectivity index (χ0v) is 18.3. The molecule has 0 aliphatic rings. The summed E-state index contributed by atoms with van der Waals surface area (Å²) in [5, 5.41) is 16.3.